The van der Waals surface area contributed by atoms with Gasteiger partial charge in [0.25, 0.3) is 0 Å². The highest BCUT2D eigenvalue weighted by Crippen LogP contribution is 2.41. The van der Waals surface area contributed by atoms with Gasteiger partial charge in [-0.25, -0.2) is 0 Å². The number of hydrogen-bond donors (Lipinski definition) is 0. The van der Waals surface area contributed by atoms with Gasteiger partial charge in [0, 0.05) is 88.2 Å². The molecular weight excluding hydrogens is 1380 g/mol. The Morgan fingerprint density at radius 1 is 0.193 bits per heavy atom. The fourth-order valence-corrected chi connectivity index (χ4v) is 12.4. The minimum Gasteiger partial charge on any atom is -0.350 e. The van der Waals surface area contributed by atoms with Gasteiger partial charge in [0.05, 0.1) is 5.69 Å². The van der Waals surface area contributed by atoms with Crippen LogP contribution < -0.4 is 19.6 Å². The first-order chi connectivity index (χ1) is 56.5. The van der Waals surface area contributed by atoms with Crippen molar-refractivity contribution in [3.8, 4) is 0 Å². The lowest BCUT2D eigenvalue weighted by Crippen LogP contribution is -2.10. The second kappa shape index (κ2) is 54.0. The maximum absolute atomic E-state index is 2.33. The summed E-state index contributed by atoms with van der Waals surface area (Å²) in [6.45, 7) is 32.0. The quantitative estimate of drug-likeness (QED) is 0.0705. The average Bonchev–Trinajstić information content (AvgIpc) is 0.774. The van der Waals surface area contributed by atoms with E-state index in [1.807, 2.05) is 111 Å². The van der Waals surface area contributed by atoms with Gasteiger partial charge in [-0.2, -0.15) is 0 Å². The summed E-state index contributed by atoms with van der Waals surface area (Å²) in [6.07, 6.45) is 21.6. The molecule has 0 saturated carbocycles. The molecule has 0 spiro atoms. The third-order valence-corrected chi connectivity index (χ3v) is 17.3. The van der Waals surface area contributed by atoms with E-state index in [4.69, 9.17) is 0 Å². The van der Waals surface area contributed by atoms with Crippen molar-refractivity contribution in [1.29, 1.82) is 0 Å². The van der Waals surface area contributed by atoms with E-state index in [9.17, 15) is 0 Å². The minimum atomic E-state index is 1.12. The molecule has 0 amide bonds. The smallest absolute Gasteiger partial charge is 0.0540 e. The molecule has 0 heterocycles. The van der Waals surface area contributed by atoms with Crippen molar-refractivity contribution in [2.75, 3.05) is 33.7 Å². The van der Waals surface area contributed by atoms with E-state index in [2.05, 4.69) is 459 Å². The number of benzene rings is 14. The van der Waals surface area contributed by atoms with Crippen LogP contribution in [-0.4, -0.2) is 14.1 Å². The number of nitrogens with zero attached hydrogens (tertiary/aromatic N) is 4. The molecule has 0 atom stereocenters. The molecule has 0 unspecified atom stereocenters. The van der Waals surface area contributed by atoms with Gasteiger partial charge in [-0.15, -0.1) is 0 Å². The molecule has 0 aromatic heterocycles. The SMILES string of the molecule is CC.CC.CC.CC.CC.CC.CC.CC.CN(C=C(c1ccccc1)c1ccccc1)c1ccc(/C=C/C=C/c2ccc(N(c3ccccc3)c3ccccc3)c3ccccc23)cc1.CN(C=C(c1ccccc1)c1ccccc1)c1ccc(/C=C/C=C/c2ccc(N(c3ccccc3)c3ccccc3)cc2)c2ccccc12. The second-order valence-electron chi connectivity index (χ2n) is 23.8. The topological polar surface area (TPSA) is 13.0 Å². The number of para-hydroxylation sites is 4. The third-order valence-electron chi connectivity index (χ3n) is 17.3. The standard InChI is InChI=1S/2C47H38N2.8C2H6/c1-48(36-46(38-19-6-2-7-20-38)39-21-8-3-9-22-39)41-33-30-37(31-34-41)18-14-15-23-40-32-35-47(45-29-17-16-28-44(40)45)49(42-24-10-4-11-25-42)43-26-12-5-13-27-43;1-48(36-46(38-19-6-2-7-20-38)39-21-8-3-9-22-39)47-35-32-40(44-28-16-17-29-45(44)47)23-15-14-18-37-30-33-43(34-31-37)49(41-24-10-4-11-25-41)42-26-12-5-13-27-42;8*1-2/h2*2-36H,1H3;8*1-2H3/b2*18-14+,23-15+;;;;;;;;. The summed E-state index contributed by atoms with van der Waals surface area (Å²) in [5, 5.41) is 4.85. The van der Waals surface area contributed by atoms with Gasteiger partial charge < -0.3 is 19.6 Å². The molecular formula is C110H124N4. The van der Waals surface area contributed by atoms with Gasteiger partial charge >= 0.3 is 0 Å². The van der Waals surface area contributed by atoms with Crippen molar-refractivity contribution in [2.45, 2.75) is 111 Å². The Hall–Kier alpha value is -12.8. The summed E-state index contributed by atoms with van der Waals surface area (Å²) >= 11 is 0. The van der Waals surface area contributed by atoms with Crippen LogP contribution in [0.3, 0.4) is 0 Å². The van der Waals surface area contributed by atoms with Crippen LogP contribution in [0.5, 0.6) is 0 Å². The average molecular weight is 1500 g/mol. The number of hydrogen-bond acceptors (Lipinski definition) is 4. The largest absolute Gasteiger partial charge is 0.350 e. The van der Waals surface area contributed by atoms with Gasteiger partial charge in [-0.05, 0) is 140 Å². The van der Waals surface area contributed by atoms with E-state index in [1.165, 1.54) is 66.1 Å². The van der Waals surface area contributed by atoms with Crippen LogP contribution in [0.15, 0.2) is 401 Å². The zero-order valence-corrected chi connectivity index (χ0v) is 71.2. The van der Waals surface area contributed by atoms with Crippen LogP contribution in [0.1, 0.15) is 155 Å². The maximum Gasteiger partial charge on any atom is 0.0540 e. The van der Waals surface area contributed by atoms with Gasteiger partial charge in [0.1, 0.15) is 0 Å². The summed E-state index contributed by atoms with van der Waals surface area (Å²) in [7, 11) is 4.24. The summed E-state index contributed by atoms with van der Waals surface area (Å²) in [4.78, 5) is 9.04. The predicted octanol–water partition coefficient (Wildman–Crippen LogP) is 33.3. The lowest BCUT2D eigenvalue weighted by Gasteiger charge is -2.27. The summed E-state index contributed by atoms with van der Waals surface area (Å²) in [5.74, 6) is 0. The molecule has 0 aliphatic rings. The van der Waals surface area contributed by atoms with Crippen molar-refractivity contribution in [3.63, 3.8) is 0 Å². The molecule has 14 rings (SSSR count). The van der Waals surface area contributed by atoms with Gasteiger partial charge in [-0.1, -0.05) is 438 Å². The molecule has 114 heavy (non-hydrogen) atoms. The van der Waals surface area contributed by atoms with E-state index in [0.29, 0.717) is 0 Å². The van der Waals surface area contributed by atoms with Crippen molar-refractivity contribution in [1.82, 2.24) is 0 Å². The van der Waals surface area contributed by atoms with Crippen LogP contribution in [0.25, 0.3) is 57.0 Å². The molecule has 584 valence electrons. The summed E-state index contributed by atoms with van der Waals surface area (Å²) in [5.41, 5.74) is 20.9. The van der Waals surface area contributed by atoms with Crippen molar-refractivity contribution < 1.29 is 0 Å². The highest BCUT2D eigenvalue weighted by molar-refractivity contribution is 6.03. The zero-order chi connectivity index (χ0) is 82.5. The van der Waals surface area contributed by atoms with Crippen molar-refractivity contribution in [2.24, 2.45) is 0 Å². The molecule has 0 N–H and O–H groups in total. The van der Waals surface area contributed by atoms with Gasteiger partial charge in [0.2, 0.25) is 0 Å². The molecule has 14 aromatic carbocycles. The second-order valence-corrected chi connectivity index (χ2v) is 23.8. The first-order valence-corrected chi connectivity index (χ1v) is 41.3. The van der Waals surface area contributed by atoms with E-state index in [0.717, 1.165) is 56.6 Å². The van der Waals surface area contributed by atoms with Crippen molar-refractivity contribution >= 4 is 102 Å². The Balaban J connectivity index is 0.000000347. The number of allylic oxidation sites excluding steroid dienone is 4. The molecule has 4 nitrogen and oxygen atoms in total. The Morgan fingerprint density at radius 3 is 0.754 bits per heavy atom. The predicted molar refractivity (Wildman–Crippen MR) is 514 cm³/mol. The monoisotopic (exact) mass is 1500 g/mol. The summed E-state index contributed by atoms with van der Waals surface area (Å²) in [6, 6.07) is 128. The van der Waals surface area contributed by atoms with Crippen LogP contribution in [0, 0.1) is 0 Å². The molecule has 14 aromatic rings. The first-order valence-electron chi connectivity index (χ1n) is 41.3. The number of fused-ring (bicyclic) bond motifs is 2. The van der Waals surface area contributed by atoms with E-state index in [1.54, 1.807) is 0 Å². The molecule has 0 aliphatic carbocycles. The van der Waals surface area contributed by atoms with Gasteiger partial charge in [0.15, 0.2) is 0 Å². The van der Waals surface area contributed by atoms with Gasteiger partial charge in [-0.3, -0.25) is 0 Å². The Kier molecular flexibility index (Phi) is 43.5. The Labute approximate surface area is 687 Å². The Bertz CT molecular complexity index is 4890. The zero-order valence-electron chi connectivity index (χ0n) is 71.2. The molecule has 0 fully saturated rings. The maximum atomic E-state index is 2.33. The number of rotatable bonds is 20. The summed E-state index contributed by atoms with van der Waals surface area (Å²) < 4.78 is 0. The van der Waals surface area contributed by atoms with E-state index >= 15 is 0 Å². The fraction of sp³-hybridized carbons (Fsp3) is 0.164. The lowest BCUT2D eigenvalue weighted by molar-refractivity contribution is 1.20. The lowest BCUT2D eigenvalue weighted by atomic mass is 9.98. The highest BCUT2D eigenvalue weighted by Gasteiger charge is 2.17. The molecule has 4 heteroatoms. The molecule has 0 aliphatic heterocycles. The normalized spacial score (nSPS) is 10.1. The van der Waals surface area contributed by atoms with Crippen LogP contribution >= 0.6 is 0 Å². The molecule has 0 bridgehead atoms. The van der Waals surface area contributed by atoms with E-state index in [-0.39, 0.29) is 0 Å². The molecule has 0 radical (unpaired) electrons. The van der Waals surface area contributed by atoms with E-state index < -0.39 is 0 Å². The fourth-order valence-electron chi connectivity index (χ4n) is 12.4. The van der Waals surface area contributed by atoms with Crippen LogP contribution in [0.2, 0.25) is 0 Å². The first kappa shape index (κ1) is 91.8. The number of anilines is 8. The minimum absolute atomic E-state index is 1.12. The van der Waals surface area contributed by atoms with Crippen molar-refractivity contribution in [3.05, 3.63) is 445 Å². The third kappa shape index (κ3) is 26.7. The Morgan fingerprint density at radius 2 is 0.430 bits per heavy atom. The van der Waals surface area contributed by atoms with Crippen LogP contribution in [-0.2, 0) is 0 Å². The molecule has 0 saturated heterocycles. The highest BCUT2D eigenvalue weighted by atomic mass is 15.1. The van der Waals surface area contributed by atoms with Crippen LogP contribution in [0.4, 0.5) is 45.5 Å².